The monoisotopic (exact) mass is 475 g/mol. The van der Waals surface area contributed by atoms with Crippen LogP contribution in [0.2, 0.25) is 0 Å². The van der Waals surface area contributed by atoms with Gasteiger partial charge in [-0.1, -0.05) is 0 Å². The Hall–Kier alpha value is -4.33. The average Bonchev–Trinajstić information content (AvgIpc) is 2.79. The molecular formula is C20H25N7O7. The highest BCUT2D eigenvalue weighted by Crippen LogP contribution is 2.19. The fourth-order valence-electron chi connectivity index (χ4n) is 3.52. The molecule has 3 amide bonds. The molecule has 3 rings (SSSR count). The second-order valence-corrected chi connectivity index (χ2v) is 7.62. The van der Waals surface area contributed by atoms with Crippen LogP contribution in [0.3, 0.4) is 0 Å². The van der Waals surface area contributed by atoms with Gasteiger partial charge in [0, 0.05) is 30.8 Å². The number of anilines is 1. The third kappa shape index (κ3) is 5.72. The number of carboxylic acid groups (broad SMARTS) is 2. The molecule has 0 aliphatic carbocycles. The number of nitrogens with one attached hydrogen (secondary N) is 5. The first-order chi connectivity index (χ1) is 16.2. The van der Waals surface area contributed by atoms with Crippen LogP contribution in [0.5, 0.6) is 0 Å². The normalized spacial score (nSPS) is 20.1. The van der Waals surface area contributed by atoms with Crippen LogP contribution < -0.4 is 32.3 Å². The second-order valence-electron chi connectivity index (χ2n) is 7.62. The lowest BCUT2D eigenvalue weighted by molar-refractivity contribution is -0.140. The smallest absolute Gasteiger partial charge is 0.326 e. The molecule has 182 valence electrons. The van der Waals surface area contributed by atoms with E-state index in [9.17, 15) is 29.1 Å². The number of carbonyl (C=O) groups excluding carboxylic acids is 3. The first kappa shape index (κ1) is 24.3. The Morgan fingerprint density at radius 3 is 2.53 bits per heavy atom. The molecule has 0 saturated heterocycles. The Balaban J connectivity index is 1.59. The molecule has 0 saturated carbocycles. The number of benzene rings is 1. The van der Waals surface area contributed by atoms with Gasteiger partial charge in [-0.3, -0.25) is 24.9 Å². The van der Waals surface area contributed by atoms with Gasteiger partial charge < -0.3 is 41.7 Å². The molecule has 3 atom stereocenters. The van der Waals surface area contributed by atoms with Crippen molar-refractivity contribution in [2.24, 2.45) is 5.73 Å². The van der Waals surface area contributed by atoms with Crippen molar-refractivity contribution in [3.8, 4) is 0 Å². The van der Waals surface area contributed by atoms with Gasteiger partial charge in [-0.15, -0.1) is 0 Å². The molecule has 14 heteroatoms. The largest absolute Gasteiger partial charge is 0.481 e. The van der Waals surface area contributed by atoms with Crippen molar-refractivity contribution in [2.75, 3.05) is 18.4 Å². The van der Waals surface area contributed by atoms with Crippen molar-refractivity contribution in [2.45, 2.75) is 31.2 Å². The molecule has 34 heavy (non-hydrogen) atoms. The SMILES string of the molecule is NC1NC(=O)C2=C(NCC(CNc3ccc(C(=O)N[C@@H](CCC(=O)O)C(=O)O)cc3)N2C=O)N1. The van der Waals surface area contributed by atoms with E-state index >= 15 is 0 Å². The highest BCUT2D eigenvalue weighted by atomic mass is 16.4. The topological polar surface area (TPSA) is 215 Å². The molecule has 1 aromatic rings. The van der Waals surface area contributed by atoms with Crippen molar-refractivity contribution in [3.63, 3.8) is 0 Å². The third-order valence-electron chi connectivity index (χ3n) is 5.26. The zero-order chi connectivity index (χ0) is 24.8. The van der Waals surface area contributed by atoms with Crippen LogP contribution in [-0.4, -0.2) is 76.7 Å². The number of aliphatic carboxylic acids is 2. The van der Waals surface area contributed by atoms with Gasteiger partial charge in [-0.2, -0.15) is 0 Å². The predicted molar refractivity (Wildman–Crippen MR) is 117 cm³/mol. The lowest BCUT2D eigenvalue weighted by atomic mass is 10.1. The standard InChI is InChI=1S/C20H25N7O7/c21-20-25-16-15(18(32)26-20)27(9-28)12(8-23-16)7-22-11-3-1-10(2-4-11)17(31)24-13(19(33)34)5-6-14(29)30/h1-4,9,12-13,20,22-23,25H,5-8,21H2,(H,24,31)(H,26,32)(H,29,30)(H,33,34)/t12?,13-,20?/m0/s1. The predicted octanol–water partition coefficient (Wildman–Crippen LogP) is -2.29. The van der Waals surface area contributed by atoms with Gasteiger partial charge >= 0.3 is 11.9 Å². The van der Waals surface area contributed by atoms with Gasteiger partial charge in [0.1, 0.15) is 11.9 Å². The third-order valence-corrected chi connectivity index (χ3v) is 5.26. The van der Waals surface area contributed by atoms with E-state index in [0.717, 1.165) is 0 Å². The fourth-order valence-corrected chi connectivity index (χ4v) is 3.52. The highest BCUT2D eigenvalue weighted by molar-refractivity contribution is 5.97. The molecule has 0 spiro atoms. The summed E-state index contributed by atoms with van der Waals surface area (Å²) in [7, 11) is 0. The molecule has 0 radical (unpaired) electrons. The summed E-state index contributed by atoms with van der Waals surface area (Å²) in [5.74, 6) is -3.24. The zero-order valence-electron chi connectivity index (χ0n) is 17.9. The van der Waals surface area contributed by atoms with Gasteiger partial charge in [0.15, 0.2) is 12.0 Å². The number of carboxylic acids is 2. The number of nitrogens with zero attached hydrogens (tertiary/aromatic N) is 1. The summed E-state index contributed by atoms with van der Waals surface area (Å²) in [6.45, 7) is 0.634. The quantitative estimate of drug-likeness (QED) is 0.168. The molecule has 0 bridgehead atoms. The Labute approximate surface area is 193 Å². The van der Waals surface area contributed by atoms with Crippen LogP contribution >= 0.6 is 0 Å². The maximum absolute atomic E-state index is 12.3. The molecule has 14 nitrogen and oxygen atoms in total. The first-order valence-electron chi connectivity index (χ1n) is 10.3. The van der Waals surface area contributed by atoms with Crippen molar-refractivity contribution in [1.82, 2.24) is 26.2 Å². The van der Waals surface area contributed by atoms with Gasteiger partial charge in [0.2, 0.25) is 6.41 Å². The molecule has 2 aliphatic rings. The zero-order valence-corrected chi connectivity index (χ0v) is 17.9. The number of carbonyl (C=O) groups is 5. The van der Waals surface area contributed by atoms with Crippen molar-refractivity contribution in [1.29, 1.82) is 0 Å². The van der Waals surface area contributed by atoms with E-state index in [2.05, 4.69) is 26.6 Å². The summed E-state index contributed by atoms with van der Waals surface area (Å²) < 4.78 is 0. The van der Waals surface area contributed by atoms with E-state index in [1.54, 1.807) is 12.1 Å². The van der Waals surface area contributed by atoms with Crippen LogP contribution in [0.4, 0.5) is 5.69 Å². The van der Waals surface area contributed by atoms with Gasteiger partial charge in [0.05, 0.1) is 6.04 Å². The van der Waals surface area contributed by atoms with E-state index in [4.69, 9.17) is 10.8 Å². The number of amides is 3. The van der Waals surface area contributed by atoms with Crippen molar-refractivity contribution < 1.29 is 34.2 Å². The van der Waals surface area contributed by atoms with E-state index in [-0.39, 0.29) is 24.2 Å². The Kier molecular flexibility index (Phi) is 7.53. The lowest BCUT2D eigenvalue weighted by Crippen LogP contribution is -2.64. The van der Waals surface area contributed by atoms with Crippen LogP contribution in [0.25, 0.3) is 0 Å². The molecule has 9 N–H and O–H groups in total. The van der Waals surface area contributed by atoms with Gasteiger partial charge in [-0.25, -0.2) is 4.79 Å². The van der Waals surface area contributed by atoms with E-state index in [1.165, 1.54) is 17.0 Å². The molecular weight excluding hydrogens is 450 g/mol. The average molecular weight is 475 g/mol. The van der Waals surface area contributed by atoms with E-state index in [1.807, 2.05) is 0 Å². The van der Waals surface area contributed by atoms with Crippen LogP contribution in [0, 0.1) is 0 Å². The van der Waals surface area contributed by atoms with Gasteiger partial charge in [0.25, 0.3) is 11.8 Å². The van der Waals surface area contributed by atoms with Gasteiger partial charge in [-0.05, 0) is 30.7 Å². The first-order valence-corrected chi connectivity index (χ1v) is 10.3. The summed E-state index contributed by atoms with van der Waals surface area (Å²) in [5.41, 5.74) is 6.62. The fraction of sp³-hybridized carbons (Fsp3) is 0.350. The molecule has 1 aromatic carbocycles. The number of hydrogen-bond donors (Lipinski definition) is 8. The molecule has 0 aromatic heterocycles. The minimum Gasteiger partial charge on any atom is -0.481 e. The summed E-state index contributed by atoms with van der Waals surface area (Å²) in [6, 6.07) is 4.43. The Bertz CT molecular complexity index is 1010. The van der Waals surface area contributed by atoms with Crippen LogP contribution in [0.15, 0.2) is 35.8 Å². The summed E-state index contributed by atoms with van der Waals surface area (Å²) >= 11 is 0. The molecule has 2 aliphatic heterocycles. The van der Waals surface area contributed by atoms with Crippen LogP contribution in [0.1, 0.15) is 23.2 Å². The maximum atomic E-state index is 12.3. The minimum atomic E-state index is -1.32. The Morgan fingerprint density at radius 2 is 1.91 bits per heavy atom. The summed E-state index contributed by atoms with van der Waals surface area (Å²) in [4.78, 5) is 59.5. The number of nitrogens with two attached hydrogens (primary N) is 1. The Morgan fingerprint density at radius 1 is 1.21 bits per heavy atom. The molecule has 2 unspecified atom stereocenters. The summed E-state index contributed by atoms with van der Waals surface area (Å²) in [5, 5.41) is 31.7. The van der Waals surface area contributed by atoms with Crippen molar-refractivity contribution in [3.05, 3.63) is 41.3 Å². The number of rotatable bonds is 10. The summed E-state index contributed by atoms with van der Waals surface area (Å²) in [6.07, 6.45) is -0.828. The minimum absolute atomic E-state index is 0.137. The number of hydrogen-bond acceptors (Lipinski definition) is 9. The lowest BCUT2D eigenvalue weighted by Gasteiger charge is -2.40. The van der Waals surface area contributed by atoms with E-state index in [0.29, 0.717) is 24.5 Å². The maximum Gasteiger partial charge on any atom is 0.326 e. The molecule has 2 heterocycles. The van der Waals surface area contributed by atoms with Crippen LogP contribution in [-0.2, 0) is 19.2 Å². The second kappa shape index (κ2) is 10.5. The molecule has 0 fully saturated rings. The van der Waals surface area contributed by atoms with Crippen molar-refractivity contribution >= 4 is 35.9 Å². The van der Waals surface area contributed by atoms with E-state index < -0.39 is 48.5 Å². The highest BCUT2D eigenvalue weighted by Gasteiger charge is 2.36.